The third-order valence-corrected chi connectivity index (χ3v) is 2.71. The van der Waals surface area contributed by atoms with E-state index in [4.69, 9.17) is 17.0 Å². The van der Waals surface area contributed by atoms with Crippen LogP contribution in [0.1, 0.15) is 18.9 Å². The van der Waals surface area contributed by atoms with Crippen LogP contribution in [-0.2, 0) is 0 Å². The van der Waals surface area contributed by atoms with E-state index in [0.29, 0.717) is 16.8 Å². The van der Waals surface area contributed by atoms with Gasteiger partial charge < -0.3 is 10.3 Å². The Morgan fingerprint density at radius 1 is 1.60 bits per heavy atom. The van der Waals surface area contributed by atoms with Crippen LogP contribution in [-0.4, -0.2) is 30.7 Å². The average Bonchev–Trinajstić information content (AvgIpc) is 2.17. The molecule has 1 unspecified atom stereocenters. The molecular formula is C12H16ClN2. The zero-order valence-corrected chi connectivity index (χ0v) is 10.1. The van der Waals surface area contributed by atoms with Gasteiger partial charge in [0.1, 0.15) is 0 Å². The fraction of sp³-hybridized carbons (Fsp3) is 0.417. The van der Waals surface area contributed by atoms with Gasteiger partial charge in [-0.1, -0.05) is 23.7 Å². The molecule has 15 heavy (non-hydrogen) atoms. The Balaban J connectivity index is 2.69. The molecule has 0 heterocycles. The summed E-state index contributed by atoms with van der Waals surface area (Å²) >= 11 is 5.83. The van der Waals surface area contributed by atoms with Gasteiger partial charge in [0.05, 0.1) is 0 Å². The van der Waals surface area contributed by atoms with E-state index in [2.05, 4.69) is 17.9 Å². The third kappa shape index (κ3) is 3.65. The maximum Gasteiger partial charge on any atom is 0.0491 e. The molecule has 1 aromatic rings. The normalized spacial score (nSPS) is 12.9. The minimum Gasteiger partial charge on any atom is -0.306 e. The molecule has 3 heteroatoms. The number of hydrogen-bond donors (Lipinski definition) is 1. The lowest BCUT2D eigenvalue weighted by atomic mass is 10.0. The van der Waals surface area contributed by atoms with Gasteiger partial charge in [-0.25, -0.2) is 0 Å². The Morgan fingerprint density at radius 2 is 2.27 bits per heavy atom. The van der Waals surface area contributed by atoms with Crippen LogP contribution in [0.25, 0.3) is 0 Å². The lowest BCUT2D eigenvalue weighted by molar-refractivity contribution is 0.321. The summed E-state index contributed by atoms with van der Waals surface area (Å²) in [6, 6.07) is 8.63. The highest BCUT2D eigenvalue weighted by molar-refractivity contribution is 6.30. The number of nitrogens with one attached hydrogen (secondary N) is 1. The minimum absolute atomic E-state index is 0.362. The van der Waals surface area contributed by atoms with Crippen LogP contribution in [0.2, 0.25) is 5.02 Å². The molecule has 0 aliphatic heterocycles. The summed E-state index contributed by atoms with van der Waals surface area (Å²) in [6.45, 7) is 2.10. The summed E-state index contributed by atoms with van der Waals surface area (Å²) in [4.78, 5) is 2.10. The van der Waals surface area contributed by atoms with Gasteiger partial charge in [-0.2, -0.15) is 0 Å². The molecule has 0 fully saturated rings. The predicted molar refractivity (Wildman–Crippen MR) is 64.9 cm³/mol. The molecule has 1 N–H and O–H groups in total. The van der Waals surface area contributed by atoms with E-state index in [0.717, 1.165) is 12.0 Å². The molecule has 1 atom stereocenters. The molecule has 0 aliphatic carbocycles. The van der Waals surface area contributed by atoms with Crippen LogP contribution in [0.4, 0.5) is 0 Å². The second kappa shape index (κ2) is 5.29. The molecule has 0 spiro atoms. The Bertz CT molecular complexity index is 347. The molecule has 0 saturated heterocycles. The Labute approximate surface area is 96.4 Å². The average molecular weight is 224 g/mol. The Hall–Kier alpha value is -0.860. The number of hydrogen-bond acceptors (Lipinski definition) is 2. The number of benzene rings is 1. The quantitative estimate of drug-likeness (QED) is 0.781. The van der Waals surface area contributed by atoms with Crippen molar-refractivity contribution in [2.45, 2.75) is 19.4 Å². The summed E-state index contributed by atoms with van der Waals surface area (Å²) in [5, 5.41) is 8.52. The number of nitrogens with zero attached hydrogens (tertiary/aromatic N) is 1. The molecule has 2 nitrogen and oxygen atoms in total. The molecule has 1 rings (SSSR count). The third-order valence-electron chi connectivity index (χ3n) is 2.50. The maximum absolute atomic E-state index is 7.95. The smallest absolute Gasteiger partial charge is 0.0491 e. The van der Waals surface area contributed by atoms with Crippen molar-refractivity contribution < 1.29 is 0 Å². The largest absolute Gasteiger partial charge is 0.306 e. The zero-order chi connectivity index (χ0) is 11.4. The van der Waals surface area contributed by atoms with Crippen molar-refractivity contribution in [3.8, 4) is 0 Å². The van der Waals surface area contributed by atoms with Crippen molar-refractivity contribution in [1.29, 1.82) is 5.41 Å². The second-order valence-electron chi connectivity index (χ2n) is 3.92. The highest BCUT2D eigenvalue weighted by atomic mass is 35.5. The predicted octanol–water partition coefficient (Wildman–Crippen LogP) is 2.85. The van der Waals surface area contributed by atoms with E-state index < -0.39 is 0 Å². The van der Waals surface area contributed by atoms with Crippen LogP contribution in [0.5, 0.6) is 0 Å². The van der Waals surface area contributed by atoms with Crippen LogP contribution < -0.4 is 0 Å². The summed E-state index contributed by atoms with van der Waals surface area (Å²) in [6.07, 6.45) is 0.730. The standard InChI is InChI=1S/C12H16ClN2/c1-9(15(2)3)7-12(14)10-5-4-6-11(13)8-10/h4-5,8-9,14H,7H2,1-3H3. The molecule has 0 aliphatic rings. The highest BCUT2D eigenvalue weighted by Gasteiger charge is 2.09. The lowest BCUT2D eigenvalue weighted by Crippen LogP contribution is -2.27. The lowest BCUT2D eigenvalue weighted by Gasteiger charge is -2.19. The van der Waals surface area contributed by atoms with Crippen LogP contribution in [0, 0.1) is 11.5 Å². The van der Waals surface area contributed by atoms with Gasteiger partial charge in [0.15, 0.2) is 0 Å². The molecule has 1 aromatic carbocycles. The van der Waals surface area contributed by atoms with E-state index in [1.807, 2.05) is 20.2 Å². The van der Waals surface area contributed by atoms with Crippen molar-refractivity contribution in [3.05, 3.63) is 34.9 Å². The molecule has 81 valence electrons. The monoisotopic (exact) mass is 223 g/mol. The fourth-order valence-electron chi connectivity index (χ4n) is 1.22. The van der Waals surface area contributed by atoms with Gasteiger partial charge in [-0.3, -0.25) is 0 Å². The van der Waals surface area contributed by atoms with E-state index in [1.165, 1.54) is 0 Å². The first-order valence-electron chi connectivity index (χ1n) is 4.92. The van der Waals surface area contributed by atoms with Gasteiger partial charge >= 0.3 is 0 Å². The van der Waals surface area contributed by atoms with Crippen molar-refractivity contribution in [2.24, 2.45) is 0 Å². The zero-order valence-electron chi connectivity index (χ0n) is 9.34. The highest BCUT2D eigenvalue weighted by Crippen LogP contribution is 2.13. The molecule has 0 amide bonds. The molecule has 0 aromatic heterocycles. The first kappa shape index (κ1) is 12.2. The van der Waals surface area contributed by atoms with E-state index >= 15 is 0 Å². The van der Waals surface area contributed by atoms with Gasteiger partial charge in [0, 0.05) is 29.3 Å². The van der Waals surface area contributed by atoms with Crippen molar-refractivity contribution >= 4 is 17.3 Å². The second-order valence-corrected chi connectivity index (χ2v) is 4.33. The Morgan fingerprint density at radius 3 is 2.80 bits per heavy atom. The fourth-order valence-corrected chi connectivity index (χ4v) is 1.40. The summed E-state index contributed by atoms with van der Waals surface area (Å²) in [5.74, 6) is 0. The van der Waals surface area contributed by atoms with Gasteiger partial charge in [-0.05, 0) is 32.6 Å². The summed E-state index contributed by atoms with van der Waals surface area (Å²) < 4.78 is 0. The van der Waals surface area contributed by atoms with E-state index in [1.54, 1.807) is 12.1 Å². The number of halogens is 1. The molecule has 0 saturated carbocycles. The van der Waals surface area contributed by atoms with E-state index in [9.17, 15) is 0 Å². The molecule has 0 bridgehead atoms. The van der Waals surface area contributed by atoms with E-state index in [-0.39, 0.29) is 0 Å². The van der Waals surface area contributed by atoms with Crippen molar-refractivity contribution in [3.63, 3.8) is 0 Å². The molecular weight excluding hydrogens is 208 g/mol. The number of rotatable bonds is 4. The van der Waals surface area contributed by atoms with Crippen LogP contribution in [0.3, 0.4) is 0 Å². The summed E-state index contributed by atoms with van der Waals surface area (Å²) in [7, 11) is 4.04. The maximum atomic E-state index is 7.95. The molecule has 1 radical (unpaired) electrons. The van der Waals surface area contributed by atoms with Gasteiger partial charge in [0.25, 0.3) is 0 Å². The van der Waals surface area contributed by atoms with Crippen molar-refractivity contribution in [2.75, 3.05) is 14.1 Å². The topological polar surface area (TPSA) is 27.1 Å². The van der Waals surface area contributed by atoms with Crippen LogP contribution >= 0.6 is 11.6 Å². The minimum atomic E-state index is 0.362. The Kier molecular flexibility index (Phi) is 4.30. The summed E-state index contributed by atoms with van der Waals surface area (Å²) in [5.41, 5.74) is 1.50. The van der Waals surface area contributed by atoms with Gasteiger partial charge in [0.2, 0.25) is 0 Å². The van der Waals surface area contributed by atoms with Crippen molar-refractivity contribution in [1.82, 2.24) is 4.90 Å². The SMILES string of the molecule is CC(CC(=N)c1cc[c]c(Cl)c1)N(C)C. The van der Waals surface area contributed by atoms with Gasteiger partial charge in [-0.15, -0.1) is 0 Å². The first-order chi connectivity index (χ1) is 7.00. The van der Waals surface area contributed by atoms with Crippen LogP contribution in [0.15, 0.2) is 18.2 Å². The first-order valence-corrected chi connectivity index (χ1v) is 5.30.